The second-order valence-electron chi connectivity index (χ2n) is 7.86. The van der Waals surface area contributed by atoms with Crippen LogP contribution < -0.4 is 0 Å². The molecule has 0 aliphatic heterocycles. The van der Waals surface area contributed by atoms with Crippen LogP contribution in [0.15, 0.2) is 0 Å². The van der Waals surface area contributed by atoms with Crippen molar-refractivity contribution < 1.29 is 5.11 Å². The highest BCUT2D eigenvalue weighted by Crippen LogP contribution is 2.20. The van der Waals surface area contributed by atoms with E-state index in [-0.39, 0.29) is 0 Å². The van der Waals surface area contributed by atoms with Gasteiger partial charge in [0.2, 0.25) is 0 Å². The highest BCUT2D eigenvalue weighted by atomic mass is 16.3. The molecule has 0 amide bonds. The Morgan fingerprint density at radius 2 is 0.714 bits per heavy atom. The Kier molecular flexibility index (Phi) is 111. The van der Waals surface area contributed by atoms with Gasteiger partial charge in [-0.3, -0.25) is 0 Å². The van der Waals surface area contributed by atoms with Crippen molar-refractivity contribution in [1.82, 2.24) is 0 Å². The van der Waals surface area contributed by atoms with Gasteiger partial charge in [0, 0.05) is 6.61 Å². The fraction of sp³-hybridized carbons (Fsp3) is 1.00. The lowest BCUT2D eigenvalue weighted by Gasteiger charge is -2.15. The molecule has 0 saturated heterocycles. The van der Waals surface area contributed by atoms with Gasteiger partial charge in [0.25, 0.3) is 0 Å². The Morgan fingerprint density at radius 1 is 0.400 bits per heavy atom. The molecule has 3 atom stereocenters. The first kappa shape index (κ1) is 55.5. The first-order valence-electron chi connectivity index (χ1n) is 16.6. The van der Waals surface area contributed by atoms with Crippen LogP contribution >= 0.6 is 0 Å². The van der Waals surface area contributed by atoms with E-state index in [0.29, 0.717) is 12.5 Å². The molecule has 1 N–H and O–H groups in total. The van der Waals surface area contributed by atoms with Crippen LogP contribution in [0.4, 0.5) is 0 Å². The summed E-state index contributed by atoms with van der Waals surface area (Å²) in [6.07, 6.45) is 13.2. The lowest BCUT2D eigenvalue weighted by Crippen LogP contribution is -2.01. The van der Waals surface area contributed by atoms with Gasteiger partial charge in [0.15, 0.2) is 0 Å². The van der Waals surface area contributed by atoms with Crippen LogP contribution in [0.2, 0.25) is 0 Å². The molecular formula is C34H84O. The molecule has 0 spiro atoms. The molecule has 0 radical (unpaired) electrons. The predicted molar refractivity (Wildman–Crippen MR) is 175 cm³/mol. The molecule has 0 aromatic rings. The SMILES string of the molecule is CC.CC.CC.CC.CC.CC.CCC(C)CCC(C)CCO.CCCC(C)CCC(CC)CC. The molecule has 1 heteroatoms. The van der Waals surface area contributed by atoms with Crippen molar-refractivity contribution in [3.63, 3.8) is 0 Å². The van der Waals surface area contributed by atoms with Gasteiger partial charge in [0.05, 0.1) is 0 Å². The molecule has 0 heterocycles. The Hall–Kier alpha value is -0.0400. The van der Waals surface area contributed by atoms with Crippen LogP contribution in [0.1, 0.15) is 196 Å². The van der Waals surface area contributed by atoms with Crippen molar-refractivity contribution >= 4 is 0 Å². The summed E-state index contributed by atoms with van der Waals surface area (Å²) < 4.78 is 0. The van der Waals surface area contributed by atoms with Crippen molar-refractivity contribution in [3.05, 3.63) is 0 Å². The van der Waals surface area contributed by atoms with E-state index in [1.54, 1.807) is 0 Å². The topological polar surface area (TPSA) is 20.2 Å². The third kappa shape index (κ3) is 71.9. The third-order valence-corrected chi connectivity index (χ3v) is 5.47. The zero-order valence-corrected chi connectivity index (χ0v) is 29.5. The Balaban J connectivity index is -0.0000000485. The van der Waals surface area contributed by atoms with E-state index >= 15 is 0 Å². The van der Waals surface area contributed by atoms with Crippen molar-refractivity contribution in [2.45, 2.75) is 196 Å². The predicted octanol–water partition coefficient (Wildman–Crippen LogP) is 13.6. The lowest BCUT2D eigenvalue weighted by atomic mass is 9.91. The molecule has 0 saturated carbocycles. The van der Waals surface area contributed by atoms with E-state index in [1.165, 1.54) is 57.8 Å². The van der Waals surface area contributed by atoms with E-state index < -0.39 is 0 Å². The maximum atomic E-state index is 8.66. The molecule has 0 rings (SSSR count). The van der Waals surface area contributed by atoms with Gasteiger partial charge in [-0.1, -0.05) is 189 Å². The molecular weight excluding hydrogens is 424 g/mol. The number of hydrogen-bond acceptors (Lipinski definition) is 1. The lowest BCUT2D eigenvalue weighted by molar-refractivity contribution is 0.253. The minimum absolute atomic E-state index is 0.349. The van der Waals surface area contributed by atoms with Crippen molar-refractivity contribution in [1.29, 1.82) is 0 Å². The molecule has 3 unspecified atom stereocenters. The van der Waals surface area contributed by atoms with Gasteiger partial charge in [0.1, 0.15) is 0 Å². The molecule has 35 heavy (non-hydrogen) atoms. The highest BCUT2D eigenvalue weighted by Gasteiger charge is 2.06. The summed E-state index contributed by atoms with van der Waals surface area (Å²) in [4.78, 5) is 0. The number of aliphatic hydroxyl groups excluding tert-OH is 1. The van der Waals surface area contributed by atoms with Crippen molar-refractivity contribution in [2.24, 2.45) is 23.7 Å². The van der Waals surface area contributed by atoms with E-state index in [4.69, 9.17) is 5.11 Å². The standard InChI is InChI=1S/C12H26.C10H22O.6C2H6/c1-5-8-11(4)9-10-12(6-2)7-3;1-4-9(2)5-6-10(3)7-8-11;6*1-2/h11-12H,5-10H2,1-4H3;9-11H,4-8H2,1-3H3;6*1-2H3. The Morgan fingerprint density at radius 3 is 1.00 bits per heavy atom. The smallest absolute Gasteiger partial charge is 0.0433 e. The summed E-state index contributed by atoms with van der Waals surface area (Å²) in [5.41, 5.74) is 0. The van der Waals surface area contributed by atoms with Crippen LogP contribution in [0.5, 0.6) is 0 Å². The second kappa shape index (κ2) is 70.0. The van der Waals surface area contributed by atoms with Crippen LogP contribution in [-0.4, -0.2) is 11.7 Å². The first-order valence-corrected chi connectivity index (χ1v) is 16.6. The van der Waals surface area contributed by atoms with Gasteiger partial charge in [-0.05, 0) is 30.1 Å². The molecule has 226 valence electrons. The normalized spacial score (nSPS) is 10.9. The summed E-state index contributed by atoms with van der Waals surface area (Å²) in [5, 5.41) is 8.66. The minimum Gasteiger partial charge on any atom is -0.396 e. The fourth-order valence-electron chi connectivity index (χ4n) is 2.99. The fourth-order valence-corrected chi connectivity index (χ4v) is 2.99. The van der Waals surface area contributed by atoms with Gasteiger partial charge in [-0.2, -0.15) is 0 Å². The molecule has 0 aromatic carbocycles. The van der Waals surface area contributed by atoms with Crippen LogP contribution in [-0.2, 0) is 0 Å². The quantitative estimate of drug-likeness (QED) is 0.262. The average Bonchev–Trinajstić information content (AvgIpc) is 2.95. The Labute approximate surface area is 231 Å². The van der Waals surface area contributed by atoms with E-state index in [1.807, 2.05) is 83.1 Å². The van der Waals surface area contributed by atoms with Crippen LogP contribution in [0, 0.1) is 23.7 Å². The monoisotopic (exact) mass is 509 g/mol. The van der Waals surface area contributed by atoms with E-state index in [9.17, 15) is 0 Å². The van der Waals surface area contributed by atoms with E-state index in [0.717, 1.165) is 24.2 Å². The second-order valence-corrected chi connectivity index (χ2v) is 7.86. The summed E-state index contributed by atoms with van der Waals surface area (Å²) in [6, 6.07) is 0. The molecule has 1 nitrogen and oxygen atoms in total. The van der Waals surface area contributed by atoms with Gasteiger partial charge in [-0.15, -0.1) is 0 Å². The number of aliphatic hydroxyl groups is 1. The van der Waals surface area contributed by atoms with Crippen LogP contribution in [0.25, 0.3) is 0 Å². The maximum absolute atomic E-state index is 8.66. The van der Waals surface area contributed by atoms with Crippen LogP contribution in [0.3, 0.4) is 0 Å². The zero-order valence-electron chi connectivity index (χ0n) is 29.5. The largest absolute Gasteiger partial charge is 0.396 e. The molecule has 0 aliphatic rings. The molecule has 0 bridgehead atoms. The summed E-state index contributed by atoms with van der Waals surface area (Å²) in [6.45, 7) is 40.4. The Bertz CT molecular complexity index is 211. The number of rotatable bonds is 13. The minimum atomic E-state index is 0.349. The van der Waals surface area contributed by atoms with Gasteiger partial charge < -0.3 is 5.11 Å². The summed E-state index contributed by atoms with van der Waals surface area (Å²) in [5.74, 6) is 3.50. The van der Waals surface area contributed by atoms with E-state index in [2.05, 4.69) is 48.5 Å². The highest BCUT2D eigenvalue weighted by molar-refractivity contribution is 4.59. The molecule has 0 aromatic heterocycles. The third-order valence-electron chi connectivity index (χ3n) is 5.47. The van der Waals surface area contributed by atoms with Gasteiger partial charge in [-0.25, -0.2) is 0 Å². The molecule has 0 aliphatic carbocycles. The summed E-state index contributed by atoms with van der Waals surface area (Å²) >= 11 is 0. The summed E-state index contributed by atoms with van der Waals surface area (Å²) in [7, 11) is 0. The average molecular weight is 509 g/mol. The molecule has 0 fully saturated rings. The first-order chi connectivity index (χ1) is 16.9. The van der Waals surface area contributed by atoms with Crippen molar-refractivity contribution in [3.8, 4) is 0 Å². The van der Waals surface area contributed by atoms with Crippen molar-refractivity contribution in [2.75, 3.05) is 6.61 Å². The maximum Gasteiger partial charge on any atom is 0.0433 e. The number of hydrogen-bond donors (Lipinski definition) is 1. The van der Waals surface area contributed by atoms with Gasteiger partial charge >= 0.3 is 0 Å². The zero-order chi connectivity index (χ0) is 30.1.